The molecule has 3 rings (SSSR count). The van der Waals surface area contributed by atoms with E-state index in [0.717, 1.165) is 29.7 Å². The summed E-state index contributed by atoms with van der Waals surface area (Å²) in [5.74, 6) is 2.77. The van der Waals surface area contributed by atoms with E-state index in [1.54, 1.807) is 12.4 Å². The summed E-state index contributed by atoms with van der Waals surface area (Å²) in [6.45, 7) is 5.64. The smallest absolute Gasteiger partial charge is 0.161 e. The highest BCUT2D eigenvalue weighted by Crippen LogP contribution is 2.19. The van der Waals surface area contributed by atoms with E-state index >= 15 is 0 Å². The molecule has 6 nitrogen and oxygen atoms in total. The first kappa shape index (κ1) is 13.4. The van der Waals surface area contributed by atoms with Crippen LogP contribution in [0.5, 0.6) is 0 Å². The standard InChI is InChI=1S/C15H18N6/c1-3-20-9-7-17-14(20)11-19-13-5-4-6-18-15(13)21-10-8-16-12(21)2/h4-10,19H,3,11H2,1-2H3. The van der Waals surface area contributed by atoms with Crippen molar-refractivity contribution in [3.8, 4) is 5.82 Å². The zero-order valence-corrected chi connectivity index (χ0v) is 12.2. The summed E-state index contributed by atoms with van der Waals surface area (Å²) in [5, 5.41) is 3.41. The highest BCUT2D eigenvalue weighted by molar-refractivity contribution is 5.57. The van der Waals surface area contributed by atoms with Crippen LogP contribution in [0.2, 0.25) is 0 Å². The van der Waals surface area contributed by atoms with Crippen LogP contribution in [0.3, 0.4) is 0 Å². The van der Waals surface area contributed by atoms with Gasteiger partial charge in [0.05, 0.1) is 12.2 Å². The fourth-order valence-electron chi connectivity index (χ4n) is 2.30. The molecule has 0 fully saturated rings. The molecule has 108 valence electrons. The van der Waals surface area contributed by atoms with Crippen molar-refractivity contribution in [2.45, 2.75) is 26.9 Å². The summed E-state index contributed by atoms with van der Waals surface area (Å²) in [7, 11) is 0. The van der Waals surface area contributed by atoms with Gasteiger partial charge in [-0.3, -0.25) is 4.57 Å². The maximum absolute atomic E-state index is 4.46. The van der Waals surface area contributed by atoms with E-state index in [1.165, 1.54) is 0 Å². The minimum absolute atomic E-state index is 0.660. The first-order chi connectivity index (χ1) is 10.3. The molecule has 0 atom stereocenters. The lowest BCUT2D eigenvalue weighted by Crippen LogP contribution is -2.10. The molecule has 0 spiro atoms. The minimum atomic E-state index is 0.660. The molecule has 0 bridgehead atoms. The summed E-state index contributed by atoms with van der Waals surface area (Å²) in [6.07, 6.45) is 9.28. The molecule has 3 aromatic heterocycles. The van der Waals surface area contributed by atoms with Gasteiger partial charge in [0.25, 0.3) is 0 Å². The number of aryl methyl sites for hydroxylation is 2. The lowest BCUT2D eigenvalue weighted by molar-refractivity contribution is 0.707. The van der Waals surface area contributed by atoms with Crippen molar-refractivity contribution in [1.29, 1.82) is 0 Å². The van der Waals surface area contributed by atoms with Gasteiger partial charge >= 0.3 is 0 Å². The zero-order chi connectivity index (χ0) is 14.7. The molecule has 1 N–H and O–H groups in total. The Bertz CT molecular complexity index is 727. The number of pyridine rings is 1. The van der Waals surface area contributed by atoms with E-state index in [9.17, 15) is 0 Å². The maximum Gasteiger partial charge on any atom is 0.161 e. The largest absolute Gasteiger partial charge is 0.375 e. The number of rotatable bonds is 5. The number of imidazole rings is 2. The lowest BCUT2D eigenvalue weighted by atomic mass is 10.3. The van der Waals surface area contributed by atoms with Crippen molar-refractivity contribution in [3.63, 3.8) is 0 Å². The fourth-order valence-corrected chi connectivity index (χ4v) is 2.30. The zero-order valence-electron chi connectivity index (χ0n) is 12.2. The highest BCUT2D eigenvalue weighted by atomic mass is 15.1. The number of nitrogens with zero attached hydrogens (tertiary/aromatic N) is 5. The molecule has 0 saturated carbocycles. The summed E-state index contributed by atoms with van der Waals surface area (Å²) in [4.78, 5) is 13.1. The second kappa shape index (κ2) is 5.78. The topological polar surface area (TPSA) is 60.6 Å². The molecule has 0 aliphatic rings. The molecule has 3 aromatic rings. The number of hydrogen-bond acceptors (Lipinski definition) is 4. The van der Waals surface area contributed by atoms with E-state index < -0.39 is 0 Å². The average Bonchev–Trinajstić information content (AvgIpc) is 3.13. The van der Waals surface area contributed by atoms with Crippen molar-refractivity contribution >= 4 is 5.69 Å². The lowest BCUT2D eigenvalue weighted by Gasteiger charge is -2.13. The van der Waals surface area contributed by atoms with Crippen LogP contribution in [0, 0.1) is 6.92 Å². The average molecular weight is 282 g/mol. The predicted octanol–water partition coefficient (Wildman–Crippen LogP) is 2.40. The van der Waals surface area contributed by atoms with Gasteiger partial charge in [-0.15, -0.1) is 0 Å². The predicted molar refractivity (Wildman–Crippen MR) is 81.3 cm³/mol. The molecule has 0 saturated heterocycles. The van der Waals surface area contributed by atoms with Gasteiger partial charge in [0.15, 0.2) is 5.82 Å². The van der Waals surface area contributed by atoms with E-state index in [0.29, 0.717) is 6.54 Å². The van der Waals surface area contributed by atoms with Gasteiger partial charge in [0, 0.05) is 37.5 Å². The van der Waals surface area contributed by atoms with E-state index in [1.807, 2.05) is 42.2 Å². The van der Waals surface area contributed by atoms with Crippen LogP contribution >= 0.6 is 0 Å². The van der Waals surface area contributed by atoms with Gasteiger partial charge in [-0.05, 0) is 26.0 Å². The van der Waals surface area contributed by atoms with Crippen molar-refractivity contribution in [2.75, 3.05) is 5.32 Å². The van der Waals surface area contributed by atoms with Gasteiger partial charge in [-0.1, -0.05) is 0 Å². The Kier molecular flexibility index (Phi) is 3.68. The molecule has 0 aromatic carbocycles. The Hall–Kier alpha value is -2.63. The van der Waals surface area contributed by atoms with Crippen molar-refractivity contribution in [2.24, 2.45) is 0 Å². The molecular formula is C15H18N6. The summed E-state index contributed by atoms with van der Waals surface area (Å²) in [6, 6.07) is 3.94. The number of aromatic nitrogens is 5. The first-order valence-corrected chi connectivity index (χ1v) is 6.99. The van der Waals surface area contributed by atoms with E-state index in [4.69, 9.17) is 0 Å². The first-order valence-electron chi connectivity index (χ1n) is 6.99. The van der Waals surface area contributed by atoms with Crippen molar-refractivity contribution in [1.82, 2.24) is 24.1 Å². The molecular weight excluding hydrogens is 264 g/mol. The maximum atomic E-state index is 4.46. The van der Waals surface area contributed by atoms with Crippen molar-refractivity contribution < 1.29 is 0 Å². The van der Waals surface area contributed by atoms with Crippen LogP contribution in [-0.2, 0) is 13.1 Å². The summed E-state index contributed by atoms with van der Waals surface area (Å²) in [5.41, 5.74) is 0.962. The van der Waals surface area contributed by atoms with Crippen LogP contribution in [0.15, 0.2) is 43.1 Å². The number of nitrogens with one attached hydrogen (secondary N) is 1. The van der Waals surface area contributed by atoms with Crippen molar-refractivity contribution in [3.05, 3.63) is 54.8 Å². The van der Waals surface area contributed by atoms with E-state index in [2.05, 4.69) is 31.8 Å². The molecule has 21 heavy (non-hydrogen) atoms. The monoisotopic (exact) mass is 282 g/mol. The van der Waals surface area contributed by atoms with Gasteiger partial charge in [0.1, 0.15) is 11.6 Å². The molecule has 3 heterocycles. The molecule has 6 heteroatoms. The molecule has 0 unspecified atom stereocenters. The normalized spacial score (nSPS) is 10.8. The Labute approximate surface area is 123 Å². The quantitative estimate of drug-likeness (QED) is 0.780. The number of hydrogen-bond donors (Lipinski definition) is 1. The molecule has 0 amide bonds. The Balaban J connectivity index is 1.85. The van der Waals surface area contributed by atoms with E-state index in [-0.39, 0.29) is 0 Å². The second-order valence-electron chi connectivity index (χ2n) is 4.70. The molecule has 0 radical (unpaired) electrons. The fraction of sp³-hybridized carbons (Fsp3) is 0.267. The van der Waals surface area contributed by atoms with Gasteiger partial charge in [0.2, 0.25) is 0 Å². The Morgan fingerprint density at radius 2 is 1.95 bits per heavy atom. The third kappa shape index (κ3) is 2.65. The third-order valence-electron chi connectivity index (χ3n) is 3.42. The second-order valence-corrected chi connectivity index (χ2v) is 4.70. The minimum Gasteiger partial charge on any atom is -0.375 e. The summed E-state index contributed by atoms with van der Waals surface area (Å²) >= 11 is 0. The van der Waals surface area contributed by atoms with Crippen LogP contribution in [-0.4, -0.2) is 24.1 Å². The highest BCUT2D eigenvalue weighted by Gasteiger charge is 2.09. The molecule has 0 aliphatic heterocycles. The van der Waals surface area contributed by atoms with Crippen LogP contribution < -0.4 is 5.32 Å². The third-order valence-corrected chi connectivity index (χ3v) is 3.42. The van der Waals surface area contributed by atoms with Gasteiger partial charge < -0.3 is 9.88 Å². The Morgan fingerprint density at radius 1 is 1.10 bits per heavy atom. The van der Waals surface area contributed by atoms with Gasteiger partial charge in [-0.2, -0.15) is 0 Å². The van der Waals surface area contributed by atoms with Crippen LogP contribution in [0.25, 0.3) is 5.82 Å². The SMILES string of the molecule is CCn1ccnc1CNc1cccnc1-n1ccnc1C. The van der Waals surface area contributed by atoms with Crippen LogP contribution in [0.4, 0.5) is 5.69 Å². The Morgan fingerprint density at radius 3 is 2.71 bits per heavy atom. The number of anilines is 1. The van der Waals surface area contributed by atoms with Crippen LogP contribution in [0.1, 0.15) is 18.6 Å². The summed E-state index contributed by atoms with van der Waals surface area (Å²) < 4.78 is 4.08. The molecule has 0 aliphatic carbocycles. The van der Waals surface area contributed by atoms with Gasteiger partial charge in [-0.25, -0.2) is 15.0 Å².